The molecule has 17 heavy (non-hydrogen) atoms. The van der Waals surface area contributed by atoms with Crippen LogP contribution < -0.4 is 5.32 Å². The van der Waals surface area contributed by atoms with Gasteiger partial charge in [0.25, 0.3) is 0 Å². The summed E-state index contributed by atoms with van der Waals surface area (Å²) in [6, 6.07) is 3.94. The summed E-state index contributed by atoms with van der Waals surface area (Å²) in [6.07, 6.45) is 6.56. The van der Waals surface area contributed by atoms with Gasteiger partial charge in [-0.15, -0.1) is 0 Å². The SMILES string of the molecule is CCOC(=O)c1ccnc(NC2CCCC2)c1. The number of hydrogen-bond acceptors (Lipinski definition) is 4. The van der Waals surface area contributed by atoms with E-state index in [9.17, 15) is 4.79 Å². The Balaban J connectivity index is 2.02. The van der Waals surface area contributed by atoms with Crippen LogP contribution in [-0.4, -0.2) is 23.6 Å². The Bertz CT molecular complexity index is 387. The van der Waals surface area contributed by atoms with Crippen molar-refractivity contribution in [1.29, 1.82) is 0 Å². The van der Waals surface area contributed by atoms with Crippen LogP contribution in [0.5, 0.6) is 0 Å². The van der Waals surface area contributed by atoms with Crippen LogP contribution in [0.15, 0.2) is 18.3 Å². The molecule has 4 nitrogen and oxygen atoms in total. The number of ether oxygens (including phenoxy) is 1. The number of nitrogens with one attached hydrogen (secondary N) is 1. The molecule has 1 N–H and O–H groups in total. The molecule has 1 heterocycles. The molecule has 92 valence electrons. The highest BCUT2D eigenvalue weighted by Crippen LogP contribution is 2.21. The summed E-state index contributed by atoms with van der Waals surface area (Å²) in [4.78, 5) is 15.8. The van der Waals surface area contributed by atoms with E-state index in [1.807, 2.05) is 0 Å². The fourth-order valence-electron chi connectivity index (χ4n) is 2.13. The highest BCUT2D eigenvalue weighted by Gasteiger charge is 2.15. The first-order valence-electron chi connectivity index (χ1n) is 6.19. The van der Waals surface area contributed by atoms with Gasteiger partial charge in [0.15, 0.2) is 0 Å². The average Bonchev–Trinajstić information content (AvgIpc) is 2.82. The van der Waals surface area contributed by atoms with Crippen LogP contribution in [0.2, 0.25) is 0 Å². The normalized spacial score (nSPS) is 15.8. The van der Waals surface area contributed by atoms with E-state index in [2.05, 4.69) is 10.3 Å². The van der Waals surface area contributed by atoms with Gasteiger partial charge >= 0.3 is 5.97 Å². The number of rotatable bonds is 4. The lowest BCUT2D eigenvalue weighted by atomic mass is 10.2. The highest BCUT2D eigenvalue weighted by atomic mass is 16.5. The molecule has 0 radical (unpaired) electrons. The van der Waals surface area contributed by atoms with E-state index < -0.39 is 0 Å². The summed E-state index contributed by atoms with van der Waals surface area (Å²) >= 11 is 0. The van der Waals surface area contributed by atoms with Crippen molar-refractivity contribution in [2.75, 3.05) is 11.9 Å². The molecule has 1 aromatic heterocycles. The summed E-state index contributed by atoms with van der Waals surface area (Å²) < 4.78 is 4.96. The minimum Gasteiger partial charge on any atom is -0.462 e. The van der Waals surface area contributed by atoms with E-state index in [1.165, 1.54) is 25.7 Å². The van der Waals surface area contributed by atoms with Crippen molar-refractivity contribution in [3.05, 3.63) is 23.9 Å². The van der Waals surface area contributed by atoms with E-state index >= 15 is 0 Å². The number of hydrogen-bond donors (Lipinski definition) is 1. The zero-order valence-corrected chi connectivity index (χ0v) is 10.1. The molecular weight excluding hydrogens is 216 g/mol. The first-order chi connectivity index (χ1) is 8.29. The molecule has 1 aliphatic carbocycles. The lowest BCUT2D eigenvalue weighted by Gasteiger charge is -2.12. The number of carbonyl (C=O) groups excluding carboxylic acids is 1. The standard InChI is InChI=1S/C13H18N2O2/c1-2-17-13(16)10-7-8-14-12(9-10)15-11-5-3-4-6-11/h7-9,11H,2-6H2,1H3,(H,14,15). The fraction of sp³-hybridized carbons (Fsp3) is 0.538. The number of anilines is 1. The number of nitrogens with zero attached hydrogens (tertiary/aromatic N) is 1. The Morgan fingerprint density at radius 3 is 3.00 bits per heavy atom. The van der Waals surface area contributed by atoms with Gasteiger partial charge in [0.1, 0.15) is 5.82 Å². The molecule has 0 atom stereocenters. The summed E-state index contributed by atoms with van der Waals surface area (Å²) in [5, 5.41) is 3.36. The first kappa shape index (κ1) is 11.9. The van der Waals surface area contributed by atoms with E-state index in [-0.39, 0.29) is 5.97 Å². The molecule has 1 saturated carbocycles. The third-order valence-electron chi connectivity index (χ3n) is 2.98. The highest BCUT2D eigenvalue weighted by molar-refractivity contribution is 5.90. The molecule has 0 amide bonds. The smallest absolute Gasteiger partial charge is 0.338 e. The maximum Gasteiger partial charge on any atom is 0.338 e. The topological polar surface area (TPSA) is 51.2 Å². The van der Waals surface area contributed by atoms with Crippen molar-refractivity contribution < 1.29 is 9.53 Å². The third-order valence-corrected chi connectivity index (χ3v) is 2.98. The Labute approximate surface area is 101 Å². The van der Waals surface area contributed by atoms with Gasteiger partial charge in [0.2, 0.25) is 0 Å². The lowest BCUT2D eigenvalue weighted by Crippen LogP contribution is -2.16. The Morgan fingerprint density at radius 1 is 1.53 bits per heavy atom. The molecule has 1 aromatic rings. The second kappa shape index (κ2) is 5.66. The Morgan fingerprint density at radius 2 is 2.29 bits per heavy atom. The van der Waals surface area contributed by atoms with E-state index in [1.54, 1.807) is 25.3 Å². The van der Waals surface area contributed by atoms with Crippen molar-refractivity contribution in [2.24, 2.45) is 0 Å². The molecule has 2 rings (SSSR count). The first-order valence-corrected chi connectivity index (χ1v) is 6.19. The molecule has 0 unspecified atom stereocenters. The van der Waals surface area contributed by atoms with Crippen LogP contribution in [0.3, 0.4) is 0 Å². The van der Waals surface area contributed by atoms with Crippen molar-refractivity contribution in [3.8, 4) is 0 Å². The average molecular weight is 234 g/mol. The second-order valence-electron chi connectivity index (χ2n) is 4.28. The number of aromatic nitrogens is 1. The van der Waals surface area contributed by atoms with Crippen LogP contribution in [-0.2, 0) is 4.74 Å². The van der Waals surface area contributed by atoms with Crippen molar-refractivity contribution in [1.82, 2.24) is 4.98 Å². The lowest BCUT2D eigenvalue weighted by molar-refractivity contribution is 0.0526. The molecule has 0 aliphatic heterocycles. The second-order valence-corrected chi connectivity index (χ2v) is 4.28. The molecule has 1 aliphatic rings. The van der Waals surface area contributed by atoms with Gasteiger partial charge in [-0.1, -0.05) is 12.8 Å². The van der Waals surface area contributed by atoms with Gasteiger partial charge in [-0.25, -0.2) is 9.78 Å². The number of pyridine rings is 1. The Kier molecular flexibility index (Phi) is 3.96. The number of carbonyl (C=O) groups is 1. The molecule has 4 heteroatoms. The maximum atomic E-state index is 11.6. The van der Waals surface area contributed by atoms with Crippen molar-refractivity contribution in [3.63, 3.8) is 0 Å². The largest absolute Gasteiger partial charge is 0.462 e. The van der Waals surface area contributed by atoms with Crippen LogP contribution in [0.4, 0.5) is 5.82 Å². The van der Waals surface area contributed by atoms with Gasteiger partial charge in [-0.3, -0.25) is 0 Å². The minimum absolute atomic E-state index is 0.288. The number of esters is 1. The zero-order valence-electron chi connectivity index (χ0n) is 10.1. The van der Waals surface area contributed by atoms with Crippen molar-refractivity contribution in [2.45, 2.75) is 38.6 Å². The van der Waals surface area contributed by atoms with Gasteiger partial charge in [0, 0.05) is 12.2 Å². The molecular formula is C13H18N2O2. The zero-order chi connectivity index (χ0) is 12.1. The predicted octanol–water partition coefficient (Wildman–Crippen LogP) is 2.61. The van der Waals surface area contributed by atoms with Crippen LogP contribution in [0, 0.1) is 0 Å². The van der Waals surface area contributed by atoms with Gasteiger partial charge < -0.3 is 10.1 Å². The quantitative estimate of drug-likeness (QED) is 0.814. The fourth-order valence-corrected chi connectivity index (χ4v) is 2.13. The molecule has 0 saturated heterocycles. The Hall–Kier alpha value is -1.58. The van der Waals surface area contributed by atoms with Crippen molar-refractivity contribution >= 4 is 11.8 Å². The maximum absolute atomic E-state index is 11.6. The van der Waals surface area contributed by atoms with Crippen LogP contribution in [0.1, 0.15) is 43.0 Å². The van der Waals surface area contributed by atoms with Crippen LogP contribution >= 0.6 is 0 Å². The third kappa shape index (κ3) is 3.19. The minimum atomic E-state index is -0.288. The summed E-state index contributed by atoms with van der Waals surface area (Å²) in [6.45, 7) is 2.20. The van der Waals surface area contributed by atoms with Gasteiger partial charge in [-0.2, -0.15) is 0 Å². The molecule has 0 bridgehead atoms. The molecule has 1 fully saturated rings. The van der Waals surface area contributed by atoms with E-state index in [4.69, 9.17) is 4.74 Å². The monoisotopic (exact) mass is 234 g/mol. The predicted molar refractivity (Wildman–Crippen MR) is 66.1 cm³/mol. The summed E-state index contributed by atoms with van der Waals surface area (Å²) in [5.41, 5.74) is 0.558. The molecule has 0 aromatic carbocycles. The summed E-state index contributed by atoms with van der Waals surface area (Å²) in [5.74, 6) is 0.479. The summed E-state index contributed by atoms with van der Waals surface area (Å²) in [7, 11) is 0. The van der Waals surface area contributed by atoms with E-state index in [0.29, 0.717) is 18.2 Å². The van der Waals surface area contributed by atoms with Gasteiger partial charge in [-0.05, 0) is 31.9 Å². The van der Waals surface area contributed by atoms with Gasteiger partial charge in [0.05, 0.1) is 12.2 Å². The van der Waals surface area contributed by atoms with E-state index in [0.717, 1.165) is 5.82 Å². The van der Waals surface area contributed by atoms with Crippen LogP contribution in [0.25, 0.3) is 0 Å². The molecule has 0 spiro atoms.